The minimum Gasteiger partial charge on any atom is -0.369 e. The maximum Gasteiger partial charge on any atom is 0.261 e. The van der Waals surface area contributed by atoms with E-state index in [0.717, 1.165) is 12.8 Å². The van der Waals surface area contributed by atoms with Gasteiger partial charge < -0.3 is 10.1 Å². The van der Waals surface area contributed by atoms with Crippen LogP contribution in [0.15, 0.2) is 53.4 Å². The number of ether oxygens (including phenoxy) is 1. The third-order valence-corrected chi connectivity index (χ3v) is 5.37. The number of hydrogen-bond donors (Lipinski definition) is 2. The van der Waals surface area contributed by atoms with Crippen molar-refractivity contribution in [2.24, 2.45) is 0 Å². The minimum absolute atomic E-state index is 0.0369. The predicted octanol–water partition coefficient (Wildman–Crippen LogP) is 4.28. The Morgan fingerprint density at radius 1 is 1.15 bits per heavy atom. The van der Waals surface area contributed by atoms with E-state index in [9.17, 15) is 13.2 Å². The number of anilines is 2. The zero-order valence-electron chi connectivity index (χ0n) is 15.2. The molecule has 2 aromatic rings. The molecule has 6 nitrogen and oxygen atoms in total. The van der Waals surface area contributed by atoms with Gasteiger partial charge in [0.25, 0.3) is 15.9 Å². The second-order valence-corrected chi connectivity index (χ2v) is 8.11. The zero-order valence-corrected chi connectivity index (χ0v) is 16.8. The highest BCUT2D eigenvalue weighted by molar-refractivity contribution is 7.92. The highest BCUT2D eigenvalue weighted by Crippen LogP contribution is 2.21. The van der Waals surface area contributed by atoms with Crippen molar-refractivity contribution >= 4 is 38.9 Å². The van der Waals surface area contributed by atoms with Gasteiger partial charge >= 0.3 is 0 Å². The molecule has 0 spiro atoms. The molecule has 146 valence electrons. The lowest BCUT2D eigenvalue weighted by molar-refractivity contribution is -0.126. The topological polar surface area (TPSA) is 84.5 Å². The fourth-order valence-corrected chi connectivity index (χ4v) is 3.43. The molecule has 0 aromatic heterocycles. The van der Waals surface area contributed by atoms with Crippen molar-refractivity contribution < 1.29 is 17.9 Å². The van der Waals surface area contributed by atoms with Crippen molar-refractivity contribution in [3.63, 3.8) is 0 Å². The number of halogens is 1. The normalized spacial score (nSPS) is 12.4. The molecular weight excluding hydrogens is 388 g/mol. The lowest BCUT2D eigenvalue weighted by Gasteiger charge is -2.14. The van der Waals surface area contributed by atoms with E-state index < -0.39 is 16.1 Å². The van der Waals surface area contributed by atoms with E-state index in [0.29, 0.717) is 23.0 Å². The summed E-state index contributed by atoms with van der Waals surface area (Å²) >= 11 is 5.81. The van der Waals surface area contributed by atoms with Crippen LogP contribution in [-0.4, -0.2) is 27.0 Å². The van der Waals surface area contributed by atoms with Gasteiger partial charge in [0.05, 0.1) is 4.90 Å². The average Bonchev–Trinajstić information content (AvgIpc) is 2.64. The molecule has 0 aliphatic rings. The summed E-state index contributed by atoms with van der Waals surface area (Å²) in [5, 5.41) is 3.19. The highest BCUT2D eigenvalue weighted by Gasteiger charge is 2.17. The van der Waals surface area contributed by atoms with E-state index >= 15 is 0 Å². The van der Waals surface area contributed by atoms with Gasteiger partial charge in [-0.15, -0.1) is 0 Å². The van der Waals surface area contributed by atoms with Gasteiger partial charge in [-0.3, -0.25) is 9.52 Å². The van der Waals surface area contributed by atoms with E-state index in [1.807, 2.05) is 6.92 Å². The van der Waals surface area contributed by atoms with Crippen LogP contribution in [0.1, 0.15) is 26.7 Å². The summed E-state index contributed by atoms with van der Waals surface area (Å²) < 4.78 is 33.0. The Kier molecular flexibility index (Phi) is 7.65. The number of hydrogen-bond acceptors (Lipinski definition) is 4. The summed E-state index contributed by atoms with van der Waals surface area (Å²) in [6.07, 6.45) is 1.24. The fraction of sp³-hybridized carbons (Fsp3) is 0.316. The SMILES string of the molecule is CCCCOC(C)C(=O)Nc1cccc(S(=O)(=O)Nc2ccc(Cl)cc2)c1. The molecule has 2 aromatic carbocycles. The Morgan fingerprint density at radius 3 is 2.52 bits per heavy atom. The van der Waals surface area contributed by atoms with Crippen LogP contribution in [0.2, 0.25) is 5.02 Å². The Labute approximate surface area is 164 Å². The first kappa shape index (κ1) is 21.2. The number of carbonyl (C=O) groups is 1. The van der Waals surface area contributed by atoms with Crippen molar-refractivity contribution in [3.05, 3.63) is 53.6 Å². The molecule has 0 heterocycles. The van der Waals surface area contributed by atoms with E-state index in [-0.39, 0.29) is 10.8 Å². The molecule has 0 bridgehead atoms. The van der Waals surface area contributed by atoms with Gasteiger partial charge in [-0.25, -0.2) is 8.42 Å². The van der Waals surface area contributed by atoms with E-state index in [2.05, 4.69) is 10.0 Å². The molecule has 8 heteroatoms. The minimum atomic E-state index is -3.80. The van der Waals surface area contributed by atoms with Crippen molar-refractivity contribution in [2.75, 3.05) is 16.6 Å². The quantitative estimate of drug-likeness (QED) is 0.604. The summed E-state index contributed by atoms with van der Waals surface area (Å²) in [5.41, 5.74) is 0.775. The first-order valence-electron chi connectivity index (χ1n) is 8.62. The first-order valence-corrected chi connectivity index (χ1v) is 10.5. The van der Waals surface area contributed by atoms with E-state index in [4.69, 9.17) is 16.3 Å². The largest absolute Gasteiger partial charge is 0.369 e. The van der Waals surface area contributed by atoms with Gasteiger partial charge in [0.1, 0.15) is 6.10 Å². The second kappa shape index (κ2) is 9.73. The number of unbranched alkanes of at least 4 members (excludes halogenated alkanes) is 1. The molecule has 2 rings (SSSR count). The lowest BCUT2D eigenvalue weighted by atomic mass is 10.3. The molecule has 0 aliphatic heterocycles. The molecule has 0 radical (unpaired) electrons. The van der Waals surface area contributed by atoms with Gasteiger partial charge in [-0.05, 0) is 55.8 Å². The van der Waals surface area contributed by atoms with Crippen LogP contribution < -0.4 is 10.0 Å². The number of amides is 1. The molecule has 27 heavy (non-hydrogen) atoms. The molecule has 0 saturated carbocycles. The Hall–Kier alpha value is -2.09. The highest BCUT2D eigenvalue weighted by atomic mass is 35.5. The molecule has 0 aliphatic carbocycles. The van der Waals surface area contributed by atoms with Crippen molar-refractivity contribution in [1.29, 1.82) is 0 Å². The summed E-state index contributed by atoms with van der Waals surface area (Å²) in [6, 6.07) is 12.4. The molecular formula is C19H23ClN2O4S. The summed E-state index contributed by atoms with van der Waals surface area (Å²) in [4.78, 5) is 12.2. The number of sulfonamides is 1. The lowest BCUT2D eigenvalue weighted by Crippen LogP contribution is -2.28. The molecule has 0 fully saturated rings. The van der Waals surface area contributed by atoms with Crippen LogP contribution in [0.4, 0.5) is 11.4 Å². The maximum atomic E-state index is 12.6. The monoisotopic (exact) mass is 410 g/mol. The first-order chi connectivity index (χ1) is 12.8. The van der Waals surface area contributed by atoms with E-state index in [1.54, 1.807) is 43.3 Å². The van der Waals surface area contributed by atoms with Gasteiger partial charge in [-0.1, -0.05) is 31.0 Å². The van der Waals surface area contributed by atoms with Crippen LogP contribution in [0, 0.1) is 0 Å². The molecule has 1 atom stereocenters. The van der Waals surface area contributed by atoms with Gasteiger partial charge in [0, 0.05) is 23.0 Å². The summed E-state index contributed by atoms with van der Waals surface area (Å²) in [6.45, 7) is 4.20. The average molecular weight is 411 g/mol. The van der Waals surface area contributed by atoms with Crippen molar-refractivity contribution in [3.8, 4) is 0 Å². The second-order valence-electron chi connectivity index (χ2n) is 6.00. The smallest absolute Gasteiger partial charge is 0.261 e. The number of benzene rings is 2. The third kappa shape index (κ3) is 6.53. The van der Waals surface area contributed by atoms with Crippen molar-refractivity contribution in [2.45, 2.75) is 37.7 Å². The van der Waals surface area contributed by atoms with Crippen LogP contribution in [0.3, 0.4) is 0 Å². The van der Waals surface area contributed by atoms with Crippen molar-refractivity contribution in [1.82, 2.24) is 0 Å². The van der Waals surface area contributed by atoms with E-state index in [1.165, 1.54) is 12.1 Å². The van der Waals surface area contributed by atoms with Crippen LogP contribution in [-0.2, 0) is 19.6 Å². The van der Waals surface area contributed by atoms with Crippen LogP contribution in [0.25, 0.3) is 0 Å². The van der Waals surface area contributed by atoms with Gasteiger partial charge in [0.15, 0.2) is 0 Å². The number of nitrogens with one attached hydrogen (secondary N) is 2. The molecule has 1 unspecified atom stereocenters. The Morgan fingerprint density at radius 2 is 1.85 bits per heavy atom. The molecule has 0 saturated heterocycles. The van der Waals surface area contributed by atoms with Crippen LogP contribution in [0.5, 0.6) is 0 Å². The standard InChI is InChI=1S/C19H23ClN2O4S/c1-3-4-12-26-14(2)19(23)21-17-6-5-7-18(13-17)27(24,25)22-16-10-8-15(20)9-11-16/h5-11,13-14,22H,3-4,12H2,1-2H3,(H,21,23). The summed E-state index contributed by atoms with van der Waals surface area (Å²) in [7, 11) is -3.80. The predicted molar refractivity (Wildman–Crippen MR) is 108 cm³/mol. The Balaban J connectivity index is 2.07. The fourth-order valence-electron chi connectivity index (χ4n) is 2.20. The van der Waals surface area contributed by atoms with Crippen LogP contribution >= 0.6 is 11.6 Å². The van der Waals surface area contributed by atoms with Gasteiger partial charge in [0.2, 0.25) is 0 Å². The molecule has 2 N–H and O–H groups in total. The maximum absolute atomic E-state index is 12.6. The third-order valence-electron chi connectivity index (χ3n) is 3.74. The zero-order chi connectivity index (χ0) is 19.9. The summed E-state index contributed by atoms with van der Waals surface area (Å²) in [5.74, 6) is -0.327. The van der Waals surface area contributed by atoms with Gasteiger partial charge in [-0.2, -0.15) is 0 Å². The molecule has 1 amide bonds. The Bertz CT molecular complexity index is 870. The number of carbonyl (C=O) groups excluding carboxylic acids is 1. The number of rotatable bonds is 9.